The molecule has 0 radical (unpaired) electrons. The lowest BCUT2D eigenvalue weighted by atomic mass is 9.88. The Bertz CT molecular complexity index is 617. The molecule has 2 heterocycles. The van der Waals surface area contributed by atoms with E-state index in [-0.39, 0.29) is 11.6 Å². The maximum atomic E-state index is 14.3. The van der Waals surface area contributed by atoms with Crippen molar-refractivity contribution in [2.75, 3.05) is 18.0 Å². The first-order valence-electron chi connectivity index (χ1n) is 8.85. The SMILES string of the molecule is C=C1CCC(c2c(F)cc(N3CC(N)C3)cc2F)C(=O)N1.CCCC. The second-order valence-electron chi connectivity index (χ2n) is 6.67. The molecule has 1 aromatic rings. The Kier molecular flexibility index (Phi) is 6.53. The largest absolute Gasteiger partial charge is 0.368 e. The van der Waals surface area contributed by atoms with Crippen LogP contribution in [-0.2, 0) is 4.79 Å². The third kappa shape index (κ3) is 4.57. The molecule has 1 aromatic carbocycles. The number of allylic oxidation sites excluding steroid dienone is 1. The molecule has 0 aromatic heterocycles. The maximum Gasteiger partial charge on any atom is 0.231 e. The lowest BCUT2D eigenvalue weighted by Gasteiger charge is -2.39. The van der Waals surface area contributed by atoms with Crippen molar-refractivity contribution in [3.63, 3.8) is 0 Å². The molecule has 6 heteroatoms. The van der Waals surface area contributed by atoms with E-state index in [0.29, 0.717) is 37.3 Å². The van der Waals surface area contributed by atoms with Crippen LogP contribution < -0.4 is 16.0 Å². The predicted octanol–water partition coefficient (Wildman–Crippen LogP) is 3.43. The third-order valence-electron chi connectivity index (χ3n) is 4.54. The summed E-state index contributed by atoms with van der Waals surface area (Å²) in [6.07, 6.45) is 3.53. The second kappa shape index (κ2) is 8.43. The van der Waals surface area contributed by atoms with E-state index >= 15 is 0 Å². The average molecular weight is 351 g/mol. The number of hydrogen-bond acceptors (Lipinski definition) is 3. The zero-order chi connectivity index (χ0) is 18.6. The van der Waals surface area contributed by atoms with Gasteiger partial charge in [0.2, 0.25) is 5.91 Å². The van der Waals surface area contributed by atoms with Crippen molar-refractivity contribution in [1.82, 2.24) is 5.32 Å². The molecule has 25 heavy (non-hydrogen) atoms. The molecule has 3 N–H and O–H groups in total. The molecule has 2 aliphatic rings. The highest BCUT2D eigenvalue weighted by Gasteiger charge is 2.32. The minimum atomic E-state index is -0.803. The number of carbonyl (C=O) groups excluding carboxylic acids is 1. The first kappa shape index (κ1) is 19.4. The van der Waals surface area contributed by atoms with Crippen molar-refractivity contribution in [2.45, 2.75) is 51.5 Å². The number of piperidine rings is 1. The van der Waals surface area contributed by atoms with Gasteiger partial charge in [0, 0.05) is 36.1 Å². The molecule has 0 spiro atoms. The van der Waals surface area contributed by atoms with Crippen LogP contribution in [0.5, 0.6) is 0 Å². The smallest absolute Gasteiger partial charge is 0.231 e. The number of anilines is 1. The fraction of sp³-hybridized carbons (Fsp3) is 0.526. The lowest BCUT2D eigenvalue weighted by Crippen LogP contribution is -2.55. The number of hydrogen-bond donors (Lipinski definition) is 2. The summed E-state index contributed by atoms with van der Waals surface area (Å²) in [5, 5.41) is 2.55. The van der Waals surface area contributed by atoms with Gasteiger partial charge in [0.1, 0.15) is 11.6 Å². The van der Waals surface area contributed by atoms with Gasteiger partial charge in [-0.3, -0.25) is 4.79 Å². The van der Waals surface area contributed by atoms with E-state index in [2.05, 4.69) is 25.7 Å². The van der Waals surface area contributed by atoms with Gasteiger partial charge in [0.25, 0.3) is 0 Å². The first-order valence-corrected chi connectivity index (χ1v) is 8.85. The van der Waals surface area contributed by atoms with Crippen LogP contribution in [0.25, 0.3) is 0 Å². The number of nitrogens with two attached hydrogens (primary N) is 1. The van der Waals surface area contributed by atoms with Crippen molar-refractivity contribution < 1.29 is 13.6 Å². The summed E-state index contributed by atoms with van der Waals surface area (Å²) in [7, 11) is 0. The van der Waals surface area contributed by atoms with E-state index in [4.69, 9.17) is 5.73 Å². The topological polar surface area (TPSA) is 58.4 Å². The van der Waals surface area contributed by atoms with E-state index in [1.165, 1.54) is 25.0 Å². The molecule has 0 bridgehead atoms. The van der Waals surface area contributed by atoms with E-state index in [1.54, 1.807) is 0 Å². The first-order chi connectivity index (χ1) is 11.9. The fourth-order valence-corrected chi connectivity index (χ4v) is 2.86. The van der Waals surface area contributed by atoms with E-state index in [9.17, 15) is 13.6 Å². The summed E-state index contributed by atoms with van der Waals surface area (Å²) < 4.78 is 28.6. The molecule has 1 unspecified atom stereocenters. The quantitative estimate of drug-likeness (QED) is 0.877. The Morgan fingerprint density at radius 3 is 2.24 bits per heavy atom. The summed E-state index contributed by atoms with van der Waals surface area (Å²) in [4.78, 5) is 13.7. The predicted molar refractivity (Wildman–Crippen MR) is 96.4 cm³/mol. The molecule has 1 amide bonds. The zero-order valence-electron chi connectivity index (χ0n) is 14.9. The van der Waals surface area contributed by atoms with Gasteiger partial charge >= 0.3 is 0 Å². The molecular formula is C19H27F2N3O. The standard InChI is InChI=1S/C15H17F2N3O.C4H10/c1-8-2-3-11(15(21)19-8)14-12(16)4-10(5-13(14)17)20-6-9(18)7-20;1-3-4-2/h4-5,9,11H,1-3,6-7,18H2,(H,19,21);3-4H2,1-2H3. The van der Waals surface area contributed by atoms with Crippen molar-refractivity contribution in [3.8, 4) is 0 Å². The van der Waals surface area contributed by atoms with Gasteiger partial charge in [-0.15, -0.1) is 0 Å². The van der Waals surface area contributed by atoms with Gasteiger partial charge in [0.05, 0.1) is 5.92 Å². The van der Waals surface area contributed by atoms with Crippen LogP contribution in [0.4, 0.5) is 14.5 Å². The number of unbranched alkanes of at least 4 members (excludes halogenated alkanes) is 1. The minimum absolute atomic E-state index is 0.0472. The van der Waals surface area contributed by atoms with Crippen LogP contribution in [0.2, 0.25) is 0 Å². The molecular weight excluding hydrogens is 324 g/mol. The number of amides is 1. The monoisotopic (exact) mass is 351 g/mol. The summed E-state index contributed by atoms with van der Waals surface area (Å²) >= 11 is 0. The molecule has 138 valence electrons. The Balaban J connectivity index is 0.000000511. The zero-order valence-corrected chi connectivity index (χ0v) is 14.9. The van der Waals surface area contributed by atoms with Crippen molar-refractivity contribution in [2.24, 2.45) is 5.73 Å². The van der Waals surface area contributed by atoms with Crippen LogP contribution >= 0.6 is 0 Å². The Hall–Kier alpha value is -1.95. The van der Waals surface area contributed by atoms with Crippen LogP contribution in [0.3, 0.4) is 0 Å². The van der Waals surface area contributed by atoms with Gasteiger partial charge in [-0.25, -0.2) is 8.78 Å². The molecule has 2 saturated heterocycles. The van der Waals surface area contributed by atoms with Crippen LogP contribution in [0, 0.1) is 11.6 Å². The maximum absolute atomic E-state index is 14.3. The van der Waals surface area contributed by atoms with Crippen molar-refractivity contribution in [1.29, 1.82) is 0 Å². The third-order valence-corrected chi connectivity index (χ3v) is 4.54. The van der Waals surface area contributed by atoms with Gasteiger partial charge in [-0.2, -0.15) is 0 Å². The summed E-state index contributed by atoms with van der Waals surface area (Å²) in [6.45, 7) is 9.19. The average Bonchev–Trinajstić information content (AvgIpc) is 2.53. The van der Waals surface area contributed by atoms with Gasteiger partial charge in [-0.05, 0) is 25.0 Å². The molecule has 4 nitrogen and oxygen atoms in total. The van der Waals surface area contributed by atoms with Gasteiger partial charge < -0.3 is 16.0 Å². The highest BCUT2D eigenvalue weighted by molar-refractivity contribution is 5.86. The number of carbonyl (C=O) groups is 1. The number of rotatable bonds is 3. The number of halogens is 2. The normalized spacial score (nSPS) is 20.5. The second-order valence-corrected chi connectivity index (χ2v) is 6.67. The molecule has 1 atom stereocenters. The Labute approximate surface area is 148 Å². The summed E-state index contributed by atoms with van der Waals surface area (Å²) in [6, 6.07) is 2.60. The van der Waals surface area contributed by atoms with E-state index in [0.717, 1.165) is 0 Å². The highest BCUT2D eigenvalue weighted by Crippen LogP contribution is 2.34. The molecule has 2 fully saturated rings. The highest BCUT2D eigenvalue weighted by atomic mass is 19.1. The molecule has 0 saturated carbocycles. The summed E-state index contributed by atoms with van der Waals surface area (Å²) in [5.74, 6) is -2.57. The number of nitrogens with one attached hydrogen (secondary N) is 1. The molecule has 3 rings (SSSR count). The number of benzene rings is 1. The van der Waals surface area contributed by atoms with Crippen LogP contribution in [0.15, 0.2) is 24.4 Å². The Morgan fingerprint density at radius 1 is 1.24 bits per heavy atom. The van der Waals surface area contributed by atoms with Crippen LogP contribution in [0.1, 0.15) is 51.0 Å². The lowest BCUT2D eigenvalue weighted by molar-refractivity contribution is -0.123. The number of nitrogens with zero attached hydrogens (tertiary/aromatic N) is 1. The fourth-order valence-electron chi connectivity index (χ4n) is 2.86. The van der Waals surface area contributed by atoms with E-state index < -0.39 is 23.5 Å². The Morgan fingerprint density at radius 2 is 1.80 bits per heavy atom. The van der Waals surface area contributed by atoms with Crippen LogP contribution in [-0.4, -0.2) is 25.0 Å². The molecule has 0 aliphatic carbocycles. The van der Waals surface area contributed by atoms with Crippen molar-refractivity contribution in [3.05, 3.63) is 41.6 Å². The minimum Gasteiger partial charge on any atom is -0.368 e. The van der Waals surface area contributed by atoms with Crippen molar-refractivity contribution >= 4 is 11.6 Å². The summed E-state index contributed by atoms with van der Waals surface area (Å²) in [5.41, 5.74) is 6.57. The molecule has 2 aliphatic heterocycles. The van der Waals surface area contributed by atoms with Gasteiger partial charge in [0.15, 0.2) is 0 Å². The van der Waals surface area contributed by atoms with E-state index in [1.807, 2.05) is 4.90 Å². The van der Waals surface area contributed by atoms with Gasteiger partial charge in [-0.1, -0.05) is 33.3 Å².